The van der Waals surface area contributed by atoms with Crippen molar-refractivity contribution in [1.82, 2.24) is 5.06 Å². The van der Waals surface area contributed by atoms with Crippen LogP contribution in [0.15, 0.2) is 36.4 Å². The van der Waals surface area contributed by atoms with E-state index < -0.39 is 23.7 Å². The van der Waals surface area contributed by atoms with Crippen LogP contribution < -0.4 is 0 Å². The molecule has 1 aliphatic rings. The lowest BCUT2D eigenvalue weighted by Gasteiger charge is -2.15. The second-order valence-corrected chi connectivity index (χ2v) is 6.47. The Balaban J connectivity index is 1.78. The van der Waals surface area contributed by atoms with Gasteiger partial charge in [-0.25, -0.2) is 4.79 Å². The number of carbonyl (C=O) groups excluding carboxylic acids is 3. The first-order chi connectivity index (χ1) is 10.5. The van der Waals surface area contributed by atoms with E-state index in [0.29, 0.717) is 14.3 Å². The summed E-state index contributed by atoms with van der Waals surface area (Å²) >= 11 is 7.08. The van der Waals surface area contributed by atoms with Gasteiger partial charge in [0.25, 0.3) is 11.8 Å². The van der Waals surface area contributed by atoms with Gasteiger partial charge in [-0.2, -0.15) is 0 Å². The van der Waals surface area contributed by atoms with E-state index in [2.05, 4.69) is 0 Å². The zero-order valence-corrected chi connectivity index (χ0v) is 13.0. The van der Waals surface area contributed by atoms with Gasteiger partial charge in [0.05, 0.1) is 21.4 Å². The maximum absolute atomic E-state index is 12.1. The number of thiophene rings is 1. The van der Waals surface area contributed by atoms with Crippen molar-refractivity contribution in [1.29, 1.82) is 0 Å². The maximum Gasteiger partial charge on any atom is 0.341 e. The SMILES string of the molecule is CC(C(=O)ON1C(=O)c2ccccc2C1=O)c1ccc(Cl)s1. The van der Waals surface area contributed by atoms with Gasteiger partial charge in [0, 0.05) is 4.88 Å². The number of hydrogen-bond acceptors (Lipinski definition) is 5. The minimum absolute atomic E-state index is 0.229. The van der Waals surface area contributed by atoms with E-state index in [1.54, 1.807) is 31.2 Å². The van der Waals surface area contributed by atoms with Crippen molar-refractivity contribution in [3.05, 3.63) is 56.7 Å². The Bertz CT molecular complexity index is 750. The van der Waals surface area contributed by atoms with Crippen molar-refractivity contribution in [3.63, 3.8) is 0 Å². The highest BCUT2D eigenvalue weighted by molar-refractivity contribution is 7.16. The Morgan fingerprint density at radius 1 is 1.14 bits per heavy atom. The largest absolute Gasteiger partial charge is 0.341 e. The fourth-order valence-corrected chi connectivity index (χ4v) is 3.20. The zero-order chi connectivity index (χ0) is 15.9. The minimum atomic E-state index is -0.687. The summed E-state index contributed by atoms with van der Waals surface area (Å²) in [5, 5.41) is 0.513. The molecule has 0 saturated heterocycles. The smallest absolute Gasteiger partial charge is 0.329 e. The van der Waals surface area contributed by atoms with Crippen molar-refractivity contribution in [2.75, 3.05) is 0 Å². The maximum atomic E-state index is 12.1. The van der Waals surface area contributed by atoms with E-state index in [4.69, 9.17) is 16.4 Å². The van der Waals surface area contributed by atoms with E-state index in [1.165, 1.54) is 23.5 Å². The molecule has 112 valence electrons. The average molecular weight is 336 g/mol. The summed E-state index contributed by atoms with van der Waals surface area (Å²) in [6.07, 6.45) is 0. The molecule has 0 fully saturated rings. The molecule has 0 spiro atoms. The zero-order valence-electron chi connectivity index (χ0n) is 11.4. The molecule has 0 N–H and O–H groups in total. The van der Waals surface area contributed by atoms with E-state index in [0.717, 1.165) is 0 Å². The van der Waals surface area contributed by atoms with Crippen LogP contribution in [0.5, 0.6) is 0 Å². The van der Waals surface area contributed by atoms with Gasteiger partial charge >= 0.3 is 5.97 Å². The van der Waals surface area contributed by atoms with Crippen LogP contribution in [0, 0.1) is 0 Å². The lowest BCUT2D eigenvalue weighted by Crippen LogP contribution is -2.34. The second kappa shape index (κ2) is 5.55. The number of amides is 2. The fraction of sp³-hybridized carbons (Fsp3) is 0.133. The number of hydroxylamine groups is 2. The van der Waals surface area contributed by atoms with Crippen LogP contribution in [0.1, 0.15) is 38.4 Å². The highest BCUT2D eigenvalue weighted by atomic mass is 35.5. The van der Waals surface area contributed by atoms with E-state index in [9.17, 15) is 14.4 Å². The Kier molecular flexibility index (Phi) is 3.72. The van der Waals surface area contributed by atoms with Crippen molar-refractivity contribution >= 4 is 40.7 Å². The predicted octanol–water partition coefficient (Wildman–Crippen LogP) is 3.26. The molecule has 1 aromatic heterocycles. The molecule has 3 rings (SSSR count). The molecule has 0 radical (unpaired) electrons. The van der Waals surface area contributed by atoms with Crippen molar-refractivity contribution in [3.8, 4) is 0 Å². The Labute approximate surface area is 135 Å². The number of fused-ring (bicyclic) bond motifs is 1. The number of nitrogens with zero attached hydrogens (tertiary/aromatic N) is 1. The van der Waals surface area contributed by atoms with Gasteiger partial charge in [-0.3, -0.25) is 9.59 Å². The van der Waals surface area contributed by atoms with Gasteiger partial charge in [0.2, 0.25) is 0 Å². The number of imide groups is 1. The third-order valence-corrected chi connectivity index (χ3v) is 4.73. The molecule has 5 nitrogen and oxygen atoms in total. The third-order valence-electron chi connectivity index (χ3n) is 3.31. The highest BCUT2D eigenvalue weighted by Crippen LogP contribution is 2.30. The summed E-state index contributed by atoms with van der Waals surface area (Å²) in [6.45, 7) is 1.63. The Hall–Kier alpha value is -2.18. The van der Waals surface area contributed by atoms with Crippen molar-refractivity contribution < 1.29 is 19.2 Å². The van der Waals surface area contributed by atoms with Crippen LogP contribution in [0.3, 0.4) is 0 Å². The first-order valence-corrected chi connectivity index (χ1v) is 7.63. The molecule has 1 aliphatic heterocycles. The van der Waals surface area contributed by atoms with Gasteiger partial charge in [-0.1, -0.05) is 28.8 Å². The molecule has 0 aliphatic carbocycles. The number of hydrogen-bond donors (Lipinski definition) is 0. The first kappa shape index (κ1) is 14.7. The van der Waals surface area contributed by atoms with Gasteiger partial charge in [-0.05, 0) is 31.2 Å². The van der Waals surface area contributed by atoms with Crippen molar-refractivity contribution in [2.45, 2.75) is 12.8 Å². The third kappa shape index (κ3) is 2.40. The summed E-state index contributed by atoms with van der Waals surface area (Å²) in [4.78, 5) is 42.1. The average Bonchev–Trinajstić information content (AvgIpc) is 3.05. The molecule has 2 amide bonds. The normalized spacial score (nSPS) is 14.9. The predicted molar refractivity (Wildman–Crippen MR) is 80.8 cm³/mol. The summed E-state index contributed by atoms with van der Waals surface area (Å²) in [5.74, 6) is -2.58. The standard InChI is InChI=1S/C15H10ClNO4S/c1-8(11-6-7-12(16)22-11)15(20)21-17-13(18)9-4-2-3-5-10(9)14(17)19/h2-8H,1H3. The number of carbonyl (C=O) groups is 3. The molecule has 2 heterocycles. The summed E-state index contributed by atoms with van der Waals surface area (Å²) in [5.41, 5.74) is 0.458. The Morgan fingerprint density at radius 2 is 1.73 bits per heavy atom. The van der Waals surface area contributed by atoms with Gasteiger partial charge in [0.15, 0.2) is 0 Å². The lowest BCUT2D eigenvalue weighted by molar-refractivity contribution is -0.169. The number of rotatable bonds is 3. The molecular weight excluding hydrogens is 326 g/mol. The molecule has 0 bridgehead atoms. The molecule has 1 atom stereocenters. The van der Waals surface area contributed by atoms with E-state index >= 15 is 0 Å². The van der Waals surface area contributed by atoms with Crippen LogP contribution in [-0.2, 0) is 9.63 Å². The van der Waals surface area contributed by atoms with Gasteiger partial charge < -0.3 is 4.84 Å². The molecule has 0 saturated carbocycles. The molecular formula is C15H10ClNO4S. The minimum Gasteiger partial charge on any atom is -0.329 e. The summed E-state index contributed by atoms with van der Waals surface area (Å²) in [6, 6.07) is 9.71. The topological polar surface area (TPSA) is 63.7 Å². The van der Waals surface area contributed by atoms with Crippen LogP contribution in [0.2, 0.25) is 4.34 Å². The molecule has 1 aromatic carbocycles. The lowest BCUT2D eigenvalue weighted by atomic mass is 10.1. The van der Waals surface area contributed by atoms with Crippen LogP contribution in [-0.4, -0.2) is 22.8 Å². The van der Waals surface area contributed by atoms with Crippen LogP contribution in [0.25, 0.3) is 0 Å². The second-order valence-electron chi connectivity index (χ2n) is 4.72. The van der Waals surface area contributed by atoms with Crippen LogP contribution >= 0.6 is 22.9 Å². The summed E-state index contributed by atoms with van der Waals surface area (Å²) < 4.78 is 0.551. The Morgan fingerprint density at radius 3 is 2.23 bits per heavy atom. The highest BCUT2D eigenvalue weighted by Gasteiger charge is 2.39. The monoisotopic (exact) mass is 335 g/mol. The molecule has 2 aromatic rings. The fourth-order valence-electron chi connectivity index (χ4n) is 2.10. The number of benzene rings is 1. The molecule has 22 heavy (non-hydrogen) atoms. The van der Waals surface area contributed by atoms with Gasteiger partial charge in [0.1, 0.15) is 0 Å². The summed E-state index contributed by atoms with van der Waals surface area (Å²) in [7, 11) is 0. The number of halogens is 1. The quantitative estimate of drug-likeness (QED) is 0.808. The van der Waals surface area contributed by atoms with E-state index in [1.807, 2.05) is 0 Å². The molecule has 1 unspecified atom stereocenters. The van der Waals surface area contributed by atoms with Crippen LogP contribution in [0.4, 0.5) is 0 Å². The van der Waals surface area contributed by atoms with E-state index in [-0.39, 0.29) is 11.1 Å². The first-order valence-electron chi connectivity index (χ1n) is 6.44. The van der Waals surface area contributed by atoms with Crippen molar-refractivity contribution in [2.24, 2.45) is 0 Å². The molecule has 7 heteroatoms. The van der Waals surface area contributed by atoms with Gasteiger partial charge in [-0.15, -0.1) is 11.3 Å².